The molecule has 0 saturated carbocycles. The van der Waals surface area contributed by atoms with Gasteiger partial charge >= 0.3 is 0 Å². The van der Waals surface area contributed by atoms with Gasteiger partial charge in [0, 0.05) is 31.7 Å². The highest BCUT2D eigenvalue weighted by Gasteiger charge is 2.28. The van der Waals surface area contributed by atoms with Gasteiger partial charge in [-0.15, -0.1) is 0 Å². The Morgan fingerprint density at radius 1 is 1.37 bits per heavy atom. The van der Waals surface area contributed by atoms with Crippen molar-refractivity contribution in [3.05, 3.63) is 0 Å². The zero-order valence-corrected chi connectivity index (χ0v) is 12.9. The van der Waals surface area contributed by atoms with Crippen LogP contribution in [-0.4, -0.2) is 61.3 Å². The summed E-state index contributed by atoms with van der Waals surface area (Å²) in [5, 5.41) is 6.20. The number of carbonyl (C=O) groups excluding carboxylic acids is 1. The minimum absolute atomic E-state index is 0.0414. The summed E-state index contributed by atoms with van der Waals surface area (Å²) < 4.78 is 5.48. The molecule has 0 aromatic carbocycles. The Balaban J connectivity index is 2.33. The summed E-state index contributed by atoms with van der Waals surface area (Å²) >= 11 is 0. The topological polar surface area (TPSA) is 53.6 Å². The Morgan fingerprint density at radius 2 is 2.00 bits per heavy atom. The summed E-state index contributed by atoms with van der Waals surface area (Å²) in [7, 11) is 0. The molecule has 1 aliphatic rings. The molecule has 2 N–H and O–H groups in total. The van der Waals surface area contributed by atoms with Crippen LogP contribution in [0.3, 0.4) is 0 Å². The average Bonchev–Trinajstić information content (AvgIpc) is 2.33. The van der Waals surface area contributed by atoms with Crippen molar-refractivity contribution in [1.82, 2.24) is 15.5 Å². The van der Waals surface area contributed by atoms with Crippen molar-refractivity contribution in [3.8, 4) is 0 Å². The van der Waals surface area contributed by atoms with Gasteiger partial charge in [-0.1, -0.05) is 0 Å². The van der Waals surface area contributed by atoms with Crippen molar-refractivity contribution in [3.63, 3.8) is 0 Å². The molecular weight excluding hydrogens is 242 g/mol. The Morgan fingerprint density at radius 3 is 2.53 bits per heavy atom. The number of amides is 1. The second-order valence-corrected chi connectivity index (χ2v) is 5.72. The van der Waals surface area contributed by atoms with E-state index in [0.717, 1.165) is 13.1 Å². The summed E-state index contributed by atoms with van der Waals surface area (Å²) in [4.78, 5) is 14.4. The zero-order valence-electron chi connectivity index (χ0n) is 12.9. The first kappa shape index (κ1) is 16.4. The lowest BCUT2D eigenvalue weighted by Gasteiger charge is -2.32. The standard InChI is InChI=1S/C14H29N3O2/c1-10(2)17(11(3)4)8-6-16-14(18)13-12(5)19-9-7-15-13/h10-13,15H,6-9H2,1-5H3,(H,16,18)/t12-,13+/m1/s1. The molecule has 1 amide bonds. The van der Waals surface area contributed by atoms with Crippen LogP contribution in [0.1, 0.15) is 34.6 Å². The molecule has 0 radical (unpaired) electrons. The number of nitrogens with zero attached hydrogens (tertiary/aromatic N) is 1. The lowest BCUT2D eigenvalue weighted by atomic mass is 10.1. The molecule has 19 heavy (non-hydrogen) atoms. The highest BCUT2D eigenvalue weighted by Crippen LogP contribution is 2.05. The van der Waals surface area contributed by atoms with E-state index in [2.05, 4.69) is 43.2 Å². The van der Waals surface area contributed by atoms with Crippen molar-refractivity contribution in [1.29, 1.82) is 0 Å². The fourth-order valence-electron chi connectivity index (χ4n) is 2.56. The normalized spacial score (nSPS) is 24.2. The number of hydrogen-bond acceptors (Lipinski definition) is 4. The third-order valence-corrected chi connectivity index (χ3v) is 3.59. The zero-order chi connectivity index (χ0) is 14.4. The van der Waals surface area contributed by atoms with Crippen LogP contribution < -0.4 is 10.6 Å². The van der Waals surface area contributed by atoms with Gasteiger partial charge in [0.25, 0.3) is 0 Å². The van der Waals surface area contributed by atoms with E-state index in [0.29, 0.717) is 25.2 Å². The van der Waals surface area contributed by atoms with E-state index in [4.69, 9.17) is 4.74 Å². The first-order chi connectivity index (χ1) is 8.93. The molecular formula is C14H29N3O2. The molecule has 5 heteroatoms. The van der Waals surface area contributed by atoms with E-state index in [-0.39, 0.29) is 18.1 Å². The quantitative estimate of drug-likeness (QED) is 0.743. The SMILES string of the molecule is CC(C)N(CCNC(=O)[C@H]1NCCO[C@@H]1C)C(C)C. The van der Waals surface area contributed by atoms with E-state index in [1.165, 1.54) is 0 Å². The molecule has 0 aliphatic carbocycles. The van der Waals surface area contributed by atoms with Gasteiger partial charge < -0.3 is 15.4 Å². The minimum atomic E-state index is -0.222. The van der Waals surface area contributed by atoms with Gasteiger partial charge in [0.05, 0.1) is 12.7 Å². The lowest BCUT2D eigenvalue weighted by molar-refractivity contribution is -0.129. The van der Waals surface area contributed by atoms with Crippen LogP contribution in [0.25, 0.3) is 0 Å². The first-order valence-electron chi connectivity index (χ1n) is 7.32. The van der Waals surface area contributed by atoms with Crippen LogP contribution in [0.5, 0.6) is 0 Å². The number of hydrogen-bond donors (Lipinski definition) is 2. The van der Waals surface area contributed by atoms with Crippen LogP contribution in [0.15, 0.2) is 0 Å². The van der Waals surface area contributed by atoms with Gasteiger partial charge in [0.2, 0.25) is 5.91 Å². The van der Waals surface area contributed by atoms with Gasteiger partial charge in [-0.05, 0) is 34.6 Å². The minimum Gasteiger partial charge on any atom is -0.375 e. The Hall–Kier alpha value is -0.650. The van der Waals surface area contributed by atoms with Gasteiger partial charge in [0.1, 0.15) is 6.04 Å². The molecule has 1 aliphatic heterocycles. The van der Waals surface area contributed by atoms with Crippen LogP contribution >= 0.6 is 0 Å². The maximum Gasteiger partial charge on any atom is 0.239 e. The average molecular weight is 271 g/mol. The number of morpholine rings is 1. The van der Waals surface area contributed by atoms with Crippen molar-refractivity contribution in [2.24, 2.45) is 0 Å². The molecule has 0 aromatic rings. The van der Waals surface area contributed by atoms with Crippen LogP contribution in [0.2, 0.25) is 0 Å². The maximum atomic E-state index is 12.1. The predicted octanol–water partition coefficient (Wildman–Crippen LogP) is 0.598. The van der Waals surface area contributed by atoms with Crippen molar-refractivity contribution < 1.29 is 9.53 Å². The Labute approximate surface area is 117 Å². The van der Waals surface area contributed by atoms with E-state index >= 15 is 0 Å². The van der Waals surface area contributed by atoms with Crippen LogP contribution in [0, 0.1) is 0 Å². The fraction of sp³-hybridized carbons (Fsp3) is 0.929. The van der Waals surface area contributed by atoms with Crippen LogP contribution in [0.4, 0.5) is 0 Å². The third-order valence-electron chi connectivity index (χ3n) is 3.59. The van der Waals surface area contributed by atoms with Crippen molar-refractivity contribution in [2.45, 2.75) is 58.8 Å². The van der Waals surface area contributed by atoms with Gasteiger partial charge in [0.15, 0.2) is 0 Å². The molecule has 0 bridgehead atoms. The molecule has 0 aromatic heterocycles. The third kappa shape index (κ3) is 5.09. The van der Waals surface area contributed by atoms with Gasteiger partial charge in [-0.3, -0.25) is 9.69 Å². The monoisotopic (exact) mass is 271 g/mol. The highest BCUT2D eigenvalue weighted by molar-refractivity contribution is 5.82. The molecule has 0 unspecified atom stereocenters. The van der Waals surface area contributed by atoms with Crippen molar-refractivity contribution in [2.75, 3.05) is 26.2 Å². The van der Waals surface area contributed by atoms with E-state index in [1.54, 1.807) is 0 Å². The summed E-state index contributed by atoms with van der Waals surface area (Å²) in [6.45, 7) is 13.6. The molecule has 1 fully saturated rings. The summed E-state index contributed by atoms with van der Waals surface area (Å²) in [6, 6.07) is 0.763. The lowest BCUT2D eigenvalue weighted by Crippen LogP contribution is -2.56. The molecule has 1 heterocycles. The Bertz CT molecular complexity index is 274. The predicted molar refractivity (Wildman–Crippen MR) is 77.2 cm³/mol. The smallest absolute Gasteiger partial charge is 0.239 e. The molecule has 1 saturated heterocycles. The van der Waals surface area contributed by atoms with E-state index in [1.807, 2.05) is 6.92 Å². The van der Waals surface area contributed by atoms with Gasteiger partial charge in [-0.2, -0.15) is 0 Å². The Kier molecular flexibility index (Phi) is 6.75. The summed E-state index contributed by atoms with van der Waals surface area (Å²) in [5.74, 6) is 0.0414. The second kappa shape index (κ2) is 7.82. The molecule has 0 spiro atoms. The molecule has 5 nitrogen and oxygen atoms in total. The molecule has 2 atom stereocenters. The summed E-state index contributed by atoms with van der Waals surface area (Å²) in [5.41, 5.74) is 0. The second-order valence-electron chi connectivity index (χ2n) is 5.72. The molecule has 1 rings (SSSR count). The first-order valence-corrected chi connectivity index (χ1v) is 7.32. The maximum absolute atomic E-state index is 12.1. The van der Waals surface area contributed by atoms with E-state index < -0.39 is 0 Å². The largest absolute Gasteiger partial charge is 0.375 e. The van der Waals surface area contributed by atoms with E-state index in [9.17, 15) is 4.79 Å². The van der Waals surface area contributed by atoms with Crippen molar-refractivity contribution >= 4 is 5.91 Å². The fourth-order valence-corrected chi connectivity index (χ4v) is 2.56. The number of rotatable bonds is 6. The summed E-state index contributed by atoms with van der Waals surface area (Å²) in [6.07, 6.45) is -0.0555. The number of carbonyl (C=O) groups is 1. The highest BCUT2D eigenvalue weighted by atomic mass is 16.5. The number of nitrogens with one attached hydrogen (secondary N) is 2. The van der Waals surface area contributed by atoms with Crippen LogP contribution in [-0.2, 0) is 9.53 Å². The molecule has 112 valence electrons. The number of ether oxygens (including phenoxy) is 1. The van der Waals surface area contributed by atoms with Gasteiger partial charge in [-0.25, -0.2) is 0 Å².